The zero-order chi connectivity index (χ0) is 6.41. The van der Waals surface area contributed by atoms with Crippen molar-refractivity contribution in [1.29, 1.82) is 0 Å². The first-order chi connectivity index (χ1) is 3.81. The minimum absolute atomic E-state index is 0.108. The van der Waals surface area contributed by atoms with Crippen LogP contribution in [0.15, 0.2) is 0 Å². The predicted octanol–water partition coefficient (Wildman–Crippen LogP) is 2.93. The van der Waals surface area contributed by atoms with Crippen LogP contribution in [0.3, 0.4) is 0 Å². The molecule has 0 aliphatic rings. The van der Waals surface area contributed by atoms with Gasteiger partial charge in [-0.3, -0.25) is 0 Å². The lowest BCUT2D eigenvalue weighted by Gasteiger charge is -2.02. The van der Waals surface area contributed by atoms with Crippen molar-refractivity contribution in [2.75, 3.05) is 0 Å². The van der Waals surface area contributed by atoms with Gasteiger partial charge in [0.2, 0.25) is 0 Å². The molecular formula is C7H17Si. The smallest absolute Gasteiger partial charge is 0.0443 e. The van der Waals surface area contributed by atoms with Gasteiger partial charge in [0.1, 0.15) is 0 Å². The van der Waals surface area contributed by atoms with Crippen molar-refractivity contribution in [3.05, 3.63) is 0 Å². The molecule has 0 bridgehead atoms. The van der Waals surface area contributed by atoms with Crippen molar-refractivity contribution < 1.29 is 0 Å². The van der Waals surface area contributed by atoms with Crippen LogP contribution in [-0.2, 0) is 0 Å². The van der Waals surface area contributed by atoms with E-state index in [1.165, 1.54) is 24.9 Å². The van der Waals surface area contributed by atoms with Crippen LogP contribution in [0.2, 0.25) is 18.6 Å². The van der Waals surface area contributed by atoms with E-state index in [0.29, 0.717) is 0 Å². The van der Waals surface area contributed by atoms with Crippen LogP contribution >= 0.6 is 0 Å². The summed E-state index contributed by atoms with van der Waals surface area (Å²) in [5.41, 5.74) is 0. The molecule has 0 heterocycles. The number of rotatable bonds is 4. The minimum atomic E-state index is 0.108. The summed E-state index contributed by atoms with van der Waals surface area (Å²) in [5.74, 6) is 0. The van der Waals surface area contributed by atoms with E-state index < -0.39 is 0 Å². The average molecular weight is 129 g/mol. The van der Waals surface area contributed by atoms with E-state index in [9.17, 15) is 0 Å². The zero-order valence-electron chi connectivity index (χ0n) is 6.33. The van der Waals surface area contributed by atoms with Gasteiger partial charge in [-0.15, -0.1) is 0 Å². The second-order valence-electron chi connectivity index (χ2n) is 2.41. The molecule has 0 aromatic heterocycles. The van der Waals surface area contributed by atoms with E-state index in [2.05, 4.69) is 20.4 Å². The fourth-order valence-electron chi connectivity index (χ4n) is 0.655. The highest BCUT2D eigenvalue weighted by atomic mass is 28.3. The predicted molar refractivity (Wildman–Crippen MR) is 41.8 cm³/mol. The lowest BCUT2D eigenvalue weighted by atomic mass is 10.4. The fraction of sp³-hybridized carbons (Fsp3) is 1.00. The Kier molecular flexibility index (Phi) is 5.50. The monoisotopic (exact) mass is 129 g/mol. The molecule has 1 radical (unpaired) electrons. The van der Waals surface area contributed by atoms with E-state index in [1.807, 2.05) is 0 Å². The van der Waals surface area contributed by atoms with Gasteiger partial charge in [0, 0.05) is 8.80 Å². The summed E-state index contributed by atoms with van der Waals surface area (Å²) in [7, 11) is 0.108. The van der Waals surface area contributed by atoms with E-state index in [1.54, 1.807) is 0 Å². The molecule has 0 aliphatic heterocycles. The molecule has 0 unspecified atom stereocenters. The Morgan fingerprint density at radius 1 is 1.25 bits per heavy atom. The quantitative estimate of drug-likeness (QED) is 0.512. The molecule has 1 heteroatoms. The number of hydrogen-bond donors (Lipinski definition) is 0. The summed E-state index contributed by atoms with van der Waals surface area (Å²) >= 11 is 0. The standard InChI is InChI=1S/C7H17Si/c1-4-6-7-8(3)5-2/h4-7H2,1-3H3. The Morgan fingerprint density at radius 3 is 2.25 bits per heavy atom. The van der Waals surface area contributed by atoms with E-state index in [4.69, 9.17) is 0 Å². The summed E-state index contributed by atoms with van der Waals surface area (Å²) in [6, 6.07) is 2.97. The molecule has 0 amide bonds. The van der Waals surface area contributed by atoms with Gasteiger partial charge in [-0.05, 0) is 0 Å². The fourth-order valence-corrected chi connectivity index (χ4v) is 1.97. The third-order valence-electron chi connectivity index (χ3n) is 1.56. The van der Waals surface area contributed by atoms with E-state index in [-0.39, 0.29) is 8.80 Å². The van der Waals surface area contributed by atoms with Gasteiger partial charge < -0.3 is 0 Å². The SMILES string of the molecule is CCCC[Si](C)CC. The lowest BCUT2D eigenvalue weighted by molar-refractivity contribution is 0.872. The Morgan fingerprint density at radius 2 is 1.88 bits per heavy atom. The normalized spacial score (nSPS) is 10.5. The van der Waals surface area contributed by atoms with Crippen LogP contribution < -0.4 is 0 Å². The van der Waals surface area contributed by atoms with E-state index >= 15 is 0 Å². The van der Waals surface area contributed by atoms with Crippen molar-refractivity contribution in [3.63, 3.8) is 0 Å². The van der Waals surface area contributed by atoms with Crippen molar-refractivity contribution in [2.24, 2.45) is 0 Å². The molecule has 0 aromatic rings. The summed E-state index contributed by atoms with van der Waals surface area (Å²) < 4.78 is 0. The van der Waals surface area contributed by atoms with Gasteiger partial charge in [0.15, 0.2) is 0 Å². The Balaban J connectivity index is 2.86. The highest BCUT2D eigenvalue weighted by Crippen LogP contribution is 2.03. The molecule has 49 valence electrons. The third kappa shape index (κ3) is 4.38. The van der Waals surface area contributed by atoms with Gasteiger partial charge in [0.25, 0.3) is 0 Å². The second-order valence-corrected chi connectivity index (χ2v) is 5.54. The maximum atomic E-state index is 2.43. The minimum Gasteiger partial charge on any atom is -0.0711 e. The zero-order valence-corrected chi connectivity index (χ0v) is 7.33. The first-order valence-electron chi connectivity index (χ1n) is 3.62. The summed E-state index contributed by atoms with van der Waals surface area (Å²) in [4.78, 5) is 0. The third-order valence-corrected chi connectivity index (χ3v) is 3.97. The molecule has 0 atom stereocenters. The van der Waals surface area contributed by atoms with Crippen LogP contribution in [0.25, 0.3) is 0 Å². The molecule has 0 fully saturated rings. The van der Waals surface area contributed by atoms with Crippen molar-refractivity contribution >= 4 is 8.80 Å². The van der Waals surface area contributed by atoms with E-state index in [0.717, 1.165) is 0 Å². The summed E-state index contributed by atoms with van der Waals surface area (Å²) in [6.07, 6.45) is 2.83. The van der Waals surface area contributed by atoms with Gasteiger partial charge in [-0.2, -0.15) is 0 Å². The molecular weight excluding hydrogens is 112 g/mol. The van der Waals surface area contributed by atoms with Gasteiger partial charge in [-0.1, -0.05) is 45.3 Å². The van der Waals surface area contributed by atoms with Crippen LogP contribution in [0.5, 0.6) is 0 Å². The van der Waals surface area contributed by atoms with Gasteiger partial charge in [0.05, 0.1) is 0 Å². The molecule has 0 aliphatic carbocycles. The first-order valence-corrected chi connectivity index (χ1v) is 6.04. The lowest BCUT2D eigenvalue weighted by Crippen LogP contribution is -2.02. The topological polar surface area (TPSA) is 0 Å². The average Bonchev–Trinajstić information content (AvgIpc) is 1.83. The molecule has 0 saturated carbocycles. The molecule has 0 spiro atoms. The molecule has 0 nitrogen and oxygen atoms in total. The van der Waals surface area contributed by atoms with Crippen molar-refractivity contribution in [3.8, 4) is 0 Å². The van der Waals surface area contributed by atoms with Gasteiger partial charge in [-0.25, -0.2) is 0 Å². The summed E-state index contributed by atoms with van der Waals surface area (Å²) in [6.45, 7) is 7.01. The molecule has 0 rings (SSSR count). The van der Waals surface area contributed by atoms with Crippen molar-refractivity contribution in [2.45, 2.75) is 45.3 Å². The second kappa shape index (κ2) is 5.36. The van der Waals surface area contributed by atoms with Crippen LogP contribution in [0, 0.1) is 0 Å². The van der Waals surface area contributed by atoms with Crippen LogP contribution in [0.1, 0.15) is 26.7 Å². The highest BCUT2D eigenvalue weighted by molar-refractivity contribution is 6.57. The van der Waals surface area contributed by atoms with Crippen LogP contribution in [-0.4, -0.2) is 8.80 Å². The molecule has 0 aromatic carbocycles. The molecule has 0 N–H and O–H groups in total. The van der Waals surface area contributed by atoms with Crippen LogP contribution in [0.4, 0.5) is 0 Å². The first kappa shape index (κ1) is 8.22. The maximum absolute atomic E-state index is 2.43. The largest absolute Gasteiger partial charge is 0.0711 e. The maximum Gasteiger partial charge on any atom is 0.0443 e. The number of hydrogen-bond acceptors (Lipinski definition) is 0. The Hall–Kier alpha value is 0.217. The van der Waals surface area contributed by atoms with Gasteiger partial charge >= 0.3 is 0 Å². The molecule has 8 heavy (non-hydrogen) atoms. The summed E-state index contributed by atoms with van der Waals surface area (Å²) in [5, 5.41) is 0. The Bertz CT molecular complexity index is 43.7. The Labute approximate surface area is 54.9 Å². The number of unbranched alkanes of at least 4 members (excludes halogenated alkanes) is 1. The highest BCUT2D eigenvalue weighted by Gasteiger charge is 1.97. The van der Waals surface area contributed by atoms with Crippen molar-refractivity contribution in [1.82, 2.24) is 0 Å². The molecule has 0 saturated heterocycles.